The van der Waals surface area contributed by atoms with Gasteiger partial charge in [0.1, 0.15) is 17.0 Å². The van der Waals surface area contributed by atoms with E-state index in [4.69, 9.17) is 9.57 Å². The van der Waals surface area contributed by atoms with E-state index < -0.39 is 43.5 Å². The number of halogens is 1. The van der Waals surface area contributed by atoms with Crippen molar-refractivity contribution < 1.29 is 27.6 Å². The molecule has 0 aromatic heterocycles. The number of oxime groups is 1. The normalized spacial score (nSPS) is 25.3. The highest BCUT2D eigenvalue weighted by Crippen LogP contribution is 2.48. The van der Waals surface area contributed by atoms with E-state index in [0.717, 1.165) is 14.9 Å². The molecule has 0 spiro atoms. The van der Waals surface area contributed by atoms with Crippen molar-refractivity contribution in [3.8, 4) is 0 Å². The van der Waals surface area contributed by atoms with E-state index in [1.807, 2.05) is 24.3 Å². The van der Waals surface area contributed by atoms with Crippen molar-refractivity contribution in [2.45, 2.75) is 69.9 Å². The number of rotatable bonds is 5. The number of hydrogen-bond donors (Lipinski definition) is 0. The Hall–Kier alpha value is -2.20. The van der Waals surface area contributed by atoms with Crippen LogP contribution in [0.4, 0.5) is 0 Å². The number of carbonyl (C=O) groups is 2. The summed E-state index contributed by atoms with van der Waals surface area (Å²) >= 11 is 3.36. The molecule has 3 rings (SSSR count). The van der Waals surface area contributed by atoms with Crippen LogP contribution in [-0.4, -0.2) is 52.7 Å². The summed E-state index contributed by atoms with van der Waals surface area (Å²) in [6.45, 7) is 9.80. The number of nitrogens with zero attached hydrogens (tertiary/aromatic N) is 2. The smallest absolute Gasteiger partial charge is 0.331 e. The largest absolute Gasteiger partial charge is 0.458 e. The molecule has 2 aliphatic heterocycles. The van der Waals surface area contributed by atoms with Gasteiger partial charge >= 0.3 is 5.97 Å². The average molecular weight is 527 g/mol. The molecule has 10 heteroatoms. The monoisotopic (exact) mass is 526 g/mol. The van der Waals surface area contributed by atoms with E-state index in [2.05, 4.69) is 21.1 Å². The first kappa shape index (κ1) is 24.4. The van der Waals surface area contributed by atoms with Gasteiger partial charge in [-0.3, -0.25) is 4.79 Å². The Morgan fingerprint density at radius 2 is 1.84 bits per heavy atom. The van der Waals surface area contributed by atoms with Crippen LogP contribution in [0.2, 0.25) is 0 Å². The minimum atomic E-state index is -3.87. The second-order valence-electron chi connectivity index (χ2n) is 9.38. The number of esters is 1. The summed E-state index contributed by atoms with van der Waals surface area (Å²) in [5, 5.41) is 2.76. The summed E-state index contributed by atoms with van der Waals surface area (Å²) < 4.78 is 31.3. The van der Waals surface area contributed by atoms with E-state index in [1.165, 1.54) is 19.9 Å². The number of amides is 1. The Kier molecular flexibility index (Phi) is 6.34. The Labute approximate surface area is 196 Å². The Morgan fingerprint density at radius 1 is 1.25 bits per heavy atom. The first-order chi connectivity index (χ1) is 14.7. The molecule has 8 nitrogen and oxygen atoms in total. The maximum absolute atomic E-state index is 13.2. The molecule has 0 unspecified atom stereocenters. The number of sulfone groups is 1. The predicted molar refractivity (Wildman–Crippen MR) is 123 cm³/mol. The molecule has 0 N–H and O–H groups in total. The van der Waals surface area contributed by atoms with Crippen LogP contribution in [0.5, 0.6) is 0 Å². The molecule has 174 valence electrons. The molecule has 0 aliphatic carbocycles. The third kappa shape index (κ3) is 4.34. The van der Waals surface area contributed by atoms with Gasteiger partial charge in [0, 0.05) is 4.47 Å². The number of hydrogen-bond acceptors (Lipinski definition) is 7. The Morgan fingerprint density at radius 3 is 2.41 bits per heavy atom. The van der Waals surface area contributed by atoms with Crippen LogP contribution < -0.4 is 0 Å². The number of allylic oxidation sites excluding steroid dienone is 1. The first-order valence-corrected chi connectivity index (χ1v) is 12.4. The first-order valence-electron chi connectivity index (χ1n) is 10.1. The van der Waals surface area contributed by atoms with Gasteiger partial charge in [-0.25, -0.2) is 13.2 Å². The van der Waals surface area contributed by atoms with Crippen molar-refractivity contribution >= 4 is 43.4 Å². The molecule has 1 aromatic rings. The number of β-lactam (4-membered cyclic amide) rings is 1. The van der Waals surface area contributed by atoms with Crippen LogP contribution in [0.25, 0.3) is 0 Å². The summed E-state index contributed by atoms with van der Waals surface area (Å²) in [6.07, 6.45) is 1.40. The maximum atomic E-state index is 13.2. The molecule has 32 heavy (non-hydrogen) atoms. The van der Waals surface area contributed by atoms with E-state index in [-0.39, 0.29) is 12.2 Å². The fourth-order valence-electron chi connectivity index (χ4n) is 3.72. The molecule has 2 heterocycles. The lowest BCUT2D eigenvalue weighted by Crippen LogP contribution is -2.59. The highest BCUT2D eigenvalue weighted by atomic mass is 79.9. The zero-order valence-corrected chi connectivity index (χ0v) is 21.3. The molecule has 2 saturated heterocycles. The van der Waals surface area contributed by atoms with Gasteiger partial charge in [-0.15, -0.1) is 0 Å². The molecule has 1 aromatic carbocycles. The van der Waals surface area contributed by atoms with Crippen molar-refractivity contribution in [2.24, 2.45) is 5.16 Å². The second kappa shape index (κ2) is 8.30. The Bertz CT molecular complexity index is 1100. The average Bonchev–Trinajstić information content (AvgIpc) is 2.80. The molecule has 0 radical (unpaired) electrons. The summed E-state index contributed by atoms with van der Waals surface area (Å²) in [5.41, 5.74) is 0.511. The van der Waals surface area contributed by atoms with Crippen molar-refractivity contribution in [3.63, 3.8) is 0 Å². The summed E-state index contributed by atoms with van der Waals surface area (Å²) in [6, 6.07) is 6.31. The number of ether oxygens (including phenoxy) is 1. The lowest BCUT2D eigenvalue weighted by atomic mass is 9.95. The minimum absolute atomic E-state index is 0.0672. The topological polar surface area (TPSA) is 102 Å². The summed E-state index contributed by atoms with van der Waals surface area (Å²) in [7, 11) is -3.87. The van der Waals surface area contributed by atoms with E-state index in [0.29, 0.717) is 5.71 Å². The molecule has 1 amide bonds. The fourth-order valence-corrected chi connectivity index (χ4v) is 6.10. The zero-order valence-electron chi connectivity index (χ0n) is 18.9. The second-order valence-corrected chi connectivity index (χ2v) is 12.9. The van der Waals surface area contributed by atoms with Crippen LogP contribution in [0.3, 0.4) is 0 Å². The lowest BCUT2D eigenvalue weighted by molar-refractivity contribution is -0.166. The molecular weight excluding hydrogens is 500 g/mol. The number of carbonyl (C=O) groups excluding carboxylic acids is 2. The molecule has 0 saturated carbocycles. The third-order valence-corrected chi connectivity index (χ3v) is 8.60. The third-order valence-electron chi connectivity index (χ3n) is 5.31. The highest BCUT2D eigenvalue weighted by Gasteiger charge is 2.70. The van der Waals surface area contributed by atoms with Crippen LogP contribution in [-0.2, 0) is 35.6 Å². The van der Waals surface area contributed by atoms with Crippen LogP contribution >= 0.6 is 15.9 Å². The fraction of sp³-hybridized carbons (Fsp3) is 0.500. The lowest BCUT2D eigenvalue weighted by Gasteiger charge is -2.39. The summed E-state index contributed by atoms with van der Waals surface area (Å²) in [5.74, 6) is -1.26. The van der Waals surface area contributed by atoms with Crippen molar-refractivity contribution in [1.82, 2.24) is 4.90 Å². The van der Waals surface area contributed by atoms with Gasteiger partial charge < -0.3 is 14.5 Å². The van der Waals surface area contributed by atoms with E-state index in [1.54, 1.807) is 27.7 Å². The van der Waals surface area contributed by atoms with Gasteiger partial charge in [-0.05, 0) is 65.3 Å². The SMILES string of the molecule is CC(/C=C1/C(=O)N2[C@@H](C(=O)OC(C)(C)C)C(C)(C)S(=O)(=O)[C@H]12)=N\OCc1ccc(Br)cc1. The zero-order chi connectivity index (χ0) is 24.1. The van der Waals surface area contributed by atoms with Gasteiger partial charge in [0.15, 0.2) is 21.3 Å². The van der Waals surface area contributed by atoms with Crippen molar-refractivity contribution in [2.75, 3.05) is 0 Å². The van der Waals surface area contributed by atoms with Crippen LogP contribution in [0.15, 0.2) is 45.5 Å². The van der Waals surface area contributed by atoms with Gasteiger partial charge in [-0.1, -0.05) is 33.2 Å². The predicted octanol–water partition coefficient (Wildman–Crippen LogP) is 3.35. The van der Waals surface area contributed by atoms with Gasteiger partial charge in [0.2, 0.25) is 0 Å². The van der Waals surface area contributed by atoms with E-state index >= 15 is 0 Å². The molecular formula is C22H27BrN2O6S. The van der Waals surface area contributed by atoms with Crippen molar-refractivity contribution in [1.29, 1.82) is 0 Å². The maximum Gasteiger partial charge on any atom is 0.331 e. The molecule has 2 fully saturated rings. The van der Waals surface area contributed by atoms with Gasteiger partial charge in [0.05, 0.1) is 11.3 Å². The highest BCUT2D eigenvalue weighted by molar-refractivity contribution is 9.10. The standard InChI is InChI=1S/C22H27BrN2O6S/c1-13(24-30-12-14-7-9-15(23)10-8-14)11-16-18(26)25-17(20(27)31-21(2,3)4)22(5,6)32(28,29)19(16)25/h7-11,17,19H,12H2,1-6H3/b16-11-,24-13+/t17-,19+/m0/s1. The molecule has 0 bridgehead atoms. The van der Waals surface area contributed by atoms with Gasteiger partial charge in [0.25, 0.3) is 5.91 Å². The quantitative estimate of drug-likeness (QED) is 0.191. The number of benzene rings is 1. The van der Waals surface area contributed by atoms with Crippen LogP contribution in [0.1, 0.15) is 47.1 Å². The van der Waals surface area contributed by atoms with Gasteiger partial charge in [-0.2, -0.15) is 0 Å². The molecule has 2 aliphatic rings. The Balaban J connectivity index is 1.81. The summed E-state index contributed by atoms with van der Waals surface area (Å²) in [4.78, 5) is 32.1. The van der Waals surface area contributed by atoms with Crippen LogP contribution in [0, 0.1) is 0 Å². The number of fused-ring (bicyclic) bond motifs is 1. The minimum Gasteiger partial charge on any atom is -0.458 e. The van der Waals surface area contributed by atoms with Crippen molar-refractivity contribution in [3.05, 3.63) is 46.0 Å². The van der Waals surface area contributed by atoms with E-state index in [9.17, 15) is 18.0 Å². The molecule has 2 atom stereocenters.